The van der Waals surface area contributed by atoms with E-state index in [4.69, 9.17) is 21.1 Å². The zero-order valence-corrected chi connectivity index (χ0v) is 11.1. The smallest absolute Gasteiger partial charge is 0.231 e. The van der Waals surface area contributed by atoms with Crippen molar-refractivity contribution in [2.24, 2.45) is 0 Å². The molecule has 0 bridgehead atoms. The summed E-state index contributed by atoms with van der Waals surface area (Å²) in [6, 6.07) is 13.8. The number of hydrogen-bond donors (Lipinski definition) is 1. The zero-order chi connectivity index (χ0) is 13.1. The molecule has 0 aromatic heterocycles. The van der Waals surface area contributed by atoms with Gasteiger partial charge in [-0.2, -0.15) is 0 Å². The van der Waals surface area contributed by atoms with E-state index in [2.05, 4.69) is 11.4 Å². The lowest BCUT2D eigenvalue weighted by Crippen LogP contribution is -2.12. The molecule has 0 atom stereocenters. The van der Waals surface area contributed by atoms with Crippen LogP contribution in [-0.4, -0.2) is 6.79 Å². The molecule has 2 aromatic carbocycles. The Hall–Kier alpha value is -1.71. The summed E-state index contributed by atoms with van der Waals surface area (Å²) in [5, 5.41) is 4.15. The first-order valence-electron chi connectivity index (χ1n) is 6.15. The third-order valence-electron chi connectivity index (χ3n) is 2.98. The predicted octanol–water partition coefficient (Wildman–Crippen LogP) is 3.36. The van der Waals surface area contributed by atoms with Crippen LogP contribution in [0.5, 0.6) is 11.5 Å². The summed E-state index contributed by atoms with van der Waals surface area (Å²) in [6.45, 7) is 1.88. The van der Waals surface area contributed by atoms with Crippen LogP contribution in [-0.2, 0) is 13.1 Å². The predicted molar refractivity (Wildman–Crippen MR) is 74.6 cm³/mol. The lowest BCUT2D eigenvalue weighted by molar-refractivity contribution is 0.174. The van der Waals surface area contributed by atoms with Crippen molar-refractivity contribution in [3.8, 4) is 11.5 Å². The molecular formula is C15H14ClNO2. The van der Waals surface area contributed by atoms with Gasteiger partial charge in [-0.15, -0.1) is 0 Å². The molecule has 0 fully saturated rings. The average molecular weight is 276 g/mol. The van der Waals surface area contributed by atoms with Crippen LogP contribution in [0.3, 0.4) is 0 Å². The van der Waals surface area contributed by atoms with Crippen molar-refractivity contribution in [3.63, 3.8) is 0 Å². The number of halogens is 1. The Kier molecular flexibility index (Phi) is 3.58. The summed E-state index contributed by atoms with van der Waals surface area (Å²) >= 11 is 5.95. The fraction of sp³-hybridized carbons (Fsp3) is 0.200. The highest BCUT2D eigenvalue weighted by Crippen LogP contribution is 2.32. The van der Waals surface area contributed by atoms with E-state index in [-0.39, 0.29) is 0 Å². The molecule has 0 radical (unpaired) electrons. The number of ether oxygens (including phenoxy) is 2. The zero-order valence-electron chi connectivity index (χ0n) is 10.4. The summed E-state index contributed by atoms with van der Waals surface area (Å²) in [4.78, 5) is 0. The van der Waals surface area contributed by atoms with Crippen molar-refractivity contribution in [2.45, 2.75) is 13.1 Å². The third kappa shape index (κ3) is 3.00. The molecule has 1 aliphatic rings. The van der Waals surface area contributed by atoms with E-state index in [1.807, 2.05) is 36.4 Å². The van der Waals surface area contributed by atoms with Crippen LogP contribution in [0.15, 0.2) is 42.5 Å². The summed E-state index contributed by atoms with van der Waals surface area (Å²) < 4.78 is 10.6. The monoisotopic (exact) mass is 275 g/mol. The molecular weight excluding hydrogens is 262 g/mol. The molecule has 1 N–H and O–H groups in total. The third-order valence-corrected chi connectivity index (χ3v) is 3.22. The number of fused-ring (bicyclic) bond motifs is 1. The molecule has 2 aromatic rings. The summed E-state index contributed by atoms with van der Waals surface area (Å²) in [6.07, 6.45) is 0. The Labute approximate surface area is 117 Å². The van der Waals surface area contributed by atoms with E-state index in [1.54, 1.807) is 0 Å². The van der Waals surface area contributed by atoms with Crippen LogP contribution >= 0.6 is 11.6 Å². The molecule has 0 amide bonds. The number of rotatable bonds is 4. The second-order valence-corrected chi connectivity index (χ2v) is 4.86. The van der Waals surface area contributed by atoms with Gasteiger partial charge in [-0.25, -0.2) is 0 Å². The van der Waals surface area contributed by atoms with Gasteiger partial charge in [0.15, 0.2) is 11.5 Å². The molecule has 1 aliphatic heterocycles. The highest BCUT2D eigenvalue weighted by atomic mass is 35.5. The summed E-state index contributed by atoms with van der Waals surface area (Å²) in [5.41, 5.74) is 2.35. The first kappa shape index (κ1) is 12.3. The summed E-state index contributed by atoms with van der Waals surface area (Å²) in [7, 11) is 0. The lowest BCUT2D eigenvalue weighted by atomic mass is 10.2. The van der Waals surface area contributed by atoms with Gasteiger partial charge in [-0.3, -0.25) is 0 Å². The van der Waals surface area contributed by atoms with Crippen LogP contribution in [0.1, 0.15) is 11.1 Å². The minimum atomic E-state index is 0.314. The van der Waals surface area contributed by atoms with Crippen molar-refractivity contribution < 1.29 is 9.47 Å². The van der Waals surface area contributed by atoms with E-state index in [1.165, 1.54) is 11.1 Å². The van der Waals surface area contributed by atoms with Gasteiger partial charge in [-0.1, -0.05) is 29.8 Å². The molecule has 0 unspecified atom stereocenters. The van der Waals surface area contributed by atoms with Crippen molar-refractivity contribution in [1.82, 2.24) is 5.32 Å². The maximum Gasteiger partial charge on any atom is 0.231 e. The second-order valence-electron chi connectivity index (χ2n) is 4.42. The van der Waals surface area contributed by atoms with Gasteiger partial charge in [-0.05, 0) is 35.4 Å². The fourth-order valence-electron chi connectivity index (χ4n) is 2.05. The Bertz CT molecular complexity index is 586. The van der Waals surface area contributed by atoms with E-state index in [0.29, 0.717) is 6.79 Å². The van der Waals surface area contributed by atoms with Gasteiger partial charge in [0.1, 0.15) is 0 Å². The largest absolute Gasteiger partial charge is 0.454 e. The van der Waals surface area contributed by atoms with Crippen LogP contribution < -0.4 is 14.8 Å². The SMILES string of the molecule is Clc1cccc(CNCc2ccc3c(c2)OCO3)c1. The normalized spacial score (nSPS) is 12.7. The van der Waals surface area contributed by atoms with Crippen molar-refractivity contribution in [3.05, 3.63) is 58.6 Å². The average Bonchev–Trinajstić information content (AvgIpc) is 2.86. The number of hydrogen-bond acceptors (Lipinski definition) is 3. The van der Waals surface area contributed by atoms with Gasteiger partial charge in [0.05, 0.1) is 0 Å². The van der Waals surface area contributed by atoms with Gasteiger partial charge >= 0.3 is 0 Å². The number of nitrogens with one attached hydrogen (secondary N) is 1. The van der Waals surface area contributed by atoms with Gasteiger partial charge < -0.3 is 14.8 Å². The molecule has 0 saturated carbocycles. The van der Waals surface area contributed by atoms with Crippen LogP contribution in [0.25, 0.3) is 0 Å². The molecule has 1 heterocycles. The van der Waals surface area contributed by atoms with Crippen LogP contribution in [0.2, 0.25) is 5.02 Å². The summed E-state index contributed by atoms with van der Waals surface area (Å²) in [5.74, 6) is 1.64. The molecule has 3 rings (SSSR count). The van der Waals surface area contributed by atoms with Gasteiger partial charge in [0, 0.05) is 18.1 Å². The van der Waals surface area contributed by atoms with Crippen LogP contribution in [0, 0.1) is 0 Å². The Morgan fingerprint density at radius 2 is 1.74 bits per heavy atom. The van der Waals surface area contributed by atoms with E-state index in [0.717, 1.165) is 29.6 Å². The minimum absolute atomic E-state index is 0.314. The molecule has 3 nitrogen and oxygen atoms in total. The van der Waals surface area contributed by atoms with E-state index in [9.17, 15) is 0 Å². The Morgan fingerprint density at radius 1 is 0.947 bits per heavy atom. The lowest BCUT2D eigenvalue weighted by Gasteiger charge is -2.06. The van der Waals surface area contributed by atoms with E-state index >= 15 is 0 Å². The van der Waals surface area contributed by atoms with Gasteiger partial charge in [0.25, 0.3) is 0 Å². The van der Waals surface area contributed by atoms with Crippen molar-refractivity contribution >= 4 is 11.6 Å². The first-order chi connectivity index (χ1) is 9.31. The quantitative estimate of drug-likeness (QED) is 0.928. The fourth-order valence-corrected chi connectivity index (χ4v) is 2.26. The minimum Gasteiger partial charge on any atom is -0.454 e. The van der Waals surface area contributed by atoms with Gasteiger partial charge in [0.2, 0.25) is 6.79 Å². The topological polar surface area (TPSA) is 30.5 Å². The number of benzene rings is 2. The molecule has 98 valence electrons. The molecule has 0 saturated heterocycles. The van der Waals surface area contributed by atoms with Crippen molar-refractivity contribution in [2.75, 3.05) is 6.79 Å². The highest BCUT2D eigenvalue weighted by molar-refractivity contribution is 6.30. The van der Waals surface area contributed by atoms with Crippen molar-refractivity contribution in [1.29, 1.82) is 0 Å². The molecule has 19 heavy (non-hydrogen) atoms. The van der Waals surface area contributed by atoms with E-state index < -0.39 is 0 Å². The standard InChI is InChI=1S/C15H14ClNO2/c16-13-3-1-2-11(6-13)8-17-9-12-4-5-14-15(7-12)19-10-18-14/h1-7,17H,8-10H2. The molecule has 4 heteroatoms. The Balaban J connectivity index is 1.58. The second kappa shape index (κ2) is 5.51. The maximum atomic E-state index is 5.95. The first-order valence-corrected chi connectivity index (χ1v) is 6.53. The van der Waals surface area contributed by atoms with Crippen LogP contribution in [0.4, 0.5) is 0 Å². The Morgan fingerprint density at radius 3 is 2.58 bits per heavy atom. The highest BCUT2D eigenvalue weighted by Gasteiger charge is 2.12. The molecule has 0 spiro atoms. The maximum absolute atomic E-state index is 5.95. The molecule has 0 aliphatic carbocycles.